The Kier molecular flexibility index (Phi) is 4.48. The molecular formula is C16H26N2O. The van der Waals surface area contributed by atoms with Crippen LogP contribution in [0, 0.1) is 5.92 Å². The highest BCUT2D eigenvalue weighted by Gasteiger charge is 2.34. The maximum atomic E-state index is 6.08. The van der Waals surface area contributed by atoms with E-state index in [1.54, 1.807) is 7.11 Å². The second-order valence-electron chi connectivity index (χ2n) is 5.99. The van der Waals surface area contributed by atoms with E-state index < -0.39 is 0 Å². The molecule has 1 aliphatic heterocycles. The van der Waals surface area contributed by atoms with Crippen LogP contribution in [0.5, 0.6) is 0 Å². The summed E-state index contributed by atoms with van der Waals surface area (Å²) in [6, 6.07) is 8.71. The summed E-state index contributed by atoms with van der Waals surface area (Å²) < 4.78 is 5.26. The molecule has 1 aromatic carbocycles. The summed E-state index contributed by atoms with van der Waals surface area (Å²) in [7, 11) is 1.75. The van der Waals surface area contributed by atoms with Crippen LogP contribution >= 0.6 is 0 Å². The molecule has 0 spiro atoms. The van der Waals surface area contributed by atoms with Crippen LogP contribution in [0.15, 0.2) is 24.3 Å². The van der Waals surface area contributed by atoms with E-state index in [-0.39, 0.29) is 5.54 Å². The number of ether oxygens (including phenoxy) is 1. The van der Waals surface area contributed by atoms with Gasteiger partial charge in [0.1, 0.15) is 0 Å². The lowest BCUT2D eigenvalue weighted by Crippen LogP contribution is -2.55. The first kappa shape index (κ1) is 14.4. The lowest BCUT2D eigenvalue weighted by atomic mass is 9.87. The minimum atomic E-state index is -0.0270. The lowest BCUT2D eigenvalue weighted by Gasteiger charge is -2.47. The zero-order chi connectivity index (χ0) is 13.9. The standard InChI is InChI=1S/C16H26N2O/c1-13-10-14-6-4-5-7-15(14)18(11-13)16(2,12-17)8-9-19-3/h4-7,13H,8-12,17H2,1-3H3. The first-order valence-electron chi connectivity index (χ1n) is 7.15. The Labute approximate surface area is 116 Å². The minimum absolute atomic E-state index is 0.0270. The summed E-state index contributed by atoms with van der Waals surface area (Å²) in [5.74, 6) is 0.670. The number of hydrogen-bond acceptors (Lipinski definition) is 3. The van der Waals surface area contributed by atoms with Gasteiger partial charge in [0.25, 0.3) is 0 Å². The number of nitrogens with zero attached hydrogens (tertiary/aromatic N) is 1. The number of para-hydroxylation sites is 1. The van der Waals surface area contributed by atoms with Crippen LogP contribution < -0.4 is 10.6 Å². The van der Waals surface area contributed by atoms with Gasteiger partial charge in [-0.15, -0.1) is 0 Å². The Bertz CT molecular complexity index is 421. The Morgan fingerprint density at radius 2 is 2.16 bits per heavy atom. The number of methoxy groups -OCH3 is 1. The second kappa shape index (κ2) is 5.93. The maximum absolute atomic E-state index is 6.08. The molecular weight excluding hydrogens is 236 g/mol. The topological polar surface area (TPSA) is 38.5 Å². The first-order chi connectivity index (χ1) is 9.10. The fourth-order valence-electron chi connectivity index (χ4n) is 2.98. The van der Waals surface area contributed by atoms with Crippen LogP contribution in [0.3, 0.4) is 0 Å². The smallest absolute Gasteiger partial charge is 0.0518 e. The molecule has 0 saturated heterocycles. The van der Waals surface area contributed by atoms with Gasteiger partial charge in [-0.3, -0.25) is 0 Å². The number of rotatable bonds is 5. The summed E-state index contributed by atoms with van der Waals surface area (Å²) in [4.78, 5) is 2.50. The summed E-state index contributed by atoms with van der Waals surface area (Å²) in [6.07, 6.45) is 2.12. The molecule has 0 radical (unpaired) electrons. The van der Waals surface area contributed by atoms with Crippen molar-refractivity contribution >= 4 is 5.69 Å². The normalized spacial score (nSPS) is 21.9. The van der Waals surface area contributed by atoms with Gasteiger partial charge in [-0.25, -0.2) is 0 Å². The van der Waals surface area contributed by atoms with E-state index in [2.05, 4.69) is 43.0 Å². The van der Waals surface area contributed by atoms with Crippen molar-refractivity contribution in [1.29, 1.82) is 0 Å². The quantitative estimate of drug-likeness (QED) is 0.886. The molecule has 106 valence electrons. The Balaban J connectivity index is 2.32. The van der Waals surface area contributed by atoms with E-state index in [9.17, 15) is 0 Å². The SMILES string of the molecule is COCCC(C)(CN)N1CC(C)Cc2ccccc21. The Morgan fingerprint density at radius 1 is 1.42 bits per heavy atom. The molecule has 0 bridgehead atoms. The summed E-state index contributed by atoms with van der Waals surface area (Å²) in [5.41, 5.74) is 8.85. The molecule has 1 aromatic rings. The molecule has 19 heavy (non-hydrogen) atoms. The fourth-order valence-corrected chi connectivity index (χ4v) is 2.98. The zero-order valence-corrected chi connectivity index (χ0v) is 12.4. The van der Waals surface area contributed by atoms with Gasteiger partial charge in [-0.05, 0) is 37.3 Å². The number of benzene rings is 1. The highest BCUT2D eigenvalue weighted by atomic mass is 16.5. The molecule has 2 rings (SSSR count). The maximum Gasteiger partial charge on any atom is 0.0518 e. The summed E-state index contributed by atoms with van der Waals surface area (Å²) in [6.45, 7) is 7.05. The van der Waals surface area contributed by atoms with Gasteiger partial charge in [0.15, 0.2) is 0 Å². The van der Waals surface area contributed by atoms with Crippen molar-refractivity contribution in [3.8, 4) is 0 Å². The third-order valence-corrected chi connectivity index (χ3v) is 4.28. The van der Waals surface area contributed by atoms with Crippen LogP contribution in [-0.2, 0) is 11.2 Å². The molecule has 2 unspecified atom stereocenters. The Hall–Kier alpha value is -1.06. The Morgan fingerprint density at radius 3 is 2.84 bits per heavy atom. The zero-order valence-electron chi connectivity index (χ0n) is 12.4. The third kappa shape index (κ3) is 2.93. The van der Waals surface area contributed by atoms with Gasteiger partial charge >= 0.3 is 0 Å². The van der Waals surface area contributed by atoms with Crippen molar-refractivity contribution in [3.05, 3.63) is 29.8 Å². The van der Waals surface area contributed by atoms with Crippen LogP contribution in [0.4, 0.5) is 5.69 Å². The van der Waals surface area contributed by atoms with Crippen LogP contribution in [-0.4, -0.2) is 32.3 Å². The molecule has 2 atom stereocenters. The van der Waals surface area contributed by atoms with E-state index in [0.29, 0.717) is 12.5 Å². The monoisotopic (exact) mass is 262 g/mol. The van der Waals surface area contributed by atoms with Gasteiger partial charge < -0.3 is 15.4 Å². The minimum Gasteiger partial charge on any atom is -0.385 e. The average Bonchev–Trinajstić information content (AvgIpc) is 2.43. The second-order valence-corrected chi connectivity index (χ2v) is 5.99. The van der Waals surface area contributed by atoms with Gasteiger partial charge in [0.05, 0.1) is 5.54 Å². The predicted octanol–water partition coefficient (Wildman–Crippen LogP) is 2.44. The predicted molar refractivity (Wildman–Crippen MR) is 80.6 cm³/mol. The first-order valence-corrected chi connectivity index (χ1v) is 7.15. The largest absolute Gasteiger partial charge is 0.385 e. The fraction of sp³-hybridized carbons (Fsp3) is 0.625. The number of anilines is 1. The summed E-state index contributed by atoms with van der Waals surface area (Å²) >= 11 is 0. The van der Waals surface area contributed by atoms with Gasteiger partial charge in [0.2, 0.25) is 0 Å². The van der Waals surface area contributed by atoms with Crippen molar-refractivity contribution < 1.29 is 4.74 Å². The molecule has 0 aromatic heterocycles. The molecule has 3 heteroatoms. The van der Waals surface area contributed by atoms with Crippen LogP contribution in [0.25, 0.3) is 0 Å². The molecule has 0 aliphatic carbocycles. The van der Waals surface area contributed by atoms with Crippen molar-refractivity contribution in [1.82, 2.24) is 0 Å². The van der Waals surface area contributed by atoms with Crippen molar-refractivity contribution in [2.45, 2.75) is 32.2 Å². The molecule has 1 aliphatic rings. The van der Waals surface area contributed by atoms with E-state index >= 15 is 0 Å². The molecule has 2 N–H and O–H groups in total. The molecule has 0 fully saturated rings. The van der Waals surface area contributed by atoms with E-state index in [0.717, 1.165) is 26.0 Å². The highest BCUT2D eigenvalue weighted by Crippen LogP contribution is 2.35. The van der Waals surface area contributed by atoms with E-state index in [1.807, 2.05) is 0 Å². The molecule has 3 nitrogen and oxygen atoms in total. The summed E-state index contributed by atoms with van der Waals surface area (Å²) in [5, 5.41) is 0. The van der Waals surface area contributed by atoms with Crippen molar-refractivity contribution in [3.63, 3.8) is 0 Å². The molecule has 0 amide bonds. The van der Waals surface area contributed by atoms with Crippen LogP contribution in [0.1, 0.15) is 25.8 Å². The van der Waals surface area contributed by atoms with E-state index in [4.69, 9.17) is 10.5 Å². The molecule has 1 heterocycles. The number of fused-ring (bicyclic) bond motifs is 1. The van der Waals surface area contributed by atoms with Crippen LogP contribution in [0.2, 0.25) is 0 Å². The number of hydrogen-bond donors (Lipinski definition) is 1. The van der Waals surface area contributed by atoms with Crippen molar-refractivity contribution in [2.24, 2.45) is 11.7 Å². The van der Waals surface area contributed by atoms with Gasteiger partial charge in [-0.1, -0.05) is 25.1 Å². The van der Waals surface area contributed by atoms with E-state index in [1.165, 1.54) is 11.3 Å². The van der Waals surface area contributed by atoms with Crippen molar-refractivity contribution in [2.75, 3.05) is 31.7 Å². The lowest BCUT2D eigenvalue weighted by molar-refractivity contribution is 0.168. The third-order valence-electron chi connectivity index (χ3n) is 4.28. The van der Waals surface area contributed by atoms with Gasteiger partial charge in [-0.2, -0.15) is 0 Å². The average molecular weight is 262 g/mol. The van der Waals surface area contributed by atoms with Gasteiger partial charge in [0, 0.05) is 32.5 Å². The highest BCUT2D eigenvalue weighted by molar-refractivity contribution is 5.57. The molecule has 0 saturated carbocycles. The number of nitrogens with two attached hydrogens (primary N) is 1.